The van der Waals surface area contributed by atoms with Crippen LogP contribution in [0.15, 0.2) is 35.7 Å². The lowest BCUT2D eigenvalue weighted by Gasteiger charge is -2.08. The minimum Gasteiger partial charge on any atom is -0.143 e. The Morgan fingerprint density at radius 2 is 1.89 bits per heavy atom. The van der Waals surface area contributed by atoms with E-state index >= 15 is 0 Å². The molecular formula is C14H9BrCl2S2. The monoisotopic (exact) mass is 390 g/mol. The summed E-state index contributed by atoms with van der Waals surface area (Å²) < 4.78 is 2.72. The van der Waals surface area contributed by atoms with Crippen LogP contribution in [0.5, 0.6) is 0 Å². The van der Waals surface area contributed by atoms with E-state index in [9.17, 15) is 0 Å². The Morgan fingerprint density at radius 1 is 1.05 bits per heavy atom. The molecule has 0 aliphatic rings. The van der Waals surface area contributed by atoms with E-state index < -0.39 is 0 Å². The summed E-state index contributed by atoms with van der Waals surface area (Å²) in [6.07, 6.45) is 0.907. The molecule has 0 spiro atoms. The summed E-state index contributed by atoms with van der Waals surface area (Å²) in [6, 6.07) is 10.3. The van der Waals surface area contributed by atoms with Gasteiger partial charge in [-0.05, 0) is 41.6 Å². The number of thiophene rings is 2. The third-order valence-electron chi connectivity index (χ3n) is 2.87. The van der Waals surface area contributed by atoms with E-state index in [4.69, 9.17) is 23.2 Å². The zero-order valence-electron chi connectivity index (χ0n) is 9.70. The third kappa shape index (κ3) is 3.01. The predicted octanol–water partition coefficient (Wildman–Crippen LogP) is 6.95. The summed E-state index contributed by atoms with van der Waals surface area (Å²) in [6.45, 7) is 0. The van der Waals surface area contributed by atoms with E-state index in [0.29, 0.717) is 14.9 Å². The third-order valence-corrected chi connectivity index (χ3v) is 6.93. The molecule has 2 aromatic heterocycles. The molecule has 0 saturated heterocycles. The minimum atomic E-state index is 0.314. The van der Waals surface area contributed by atoms with Gasteiger partial charge in [-0.3, -0.25) is 0 Å². The molecule has 3 aromatic rings. The smallest absolute Gasteiger partial charge is 0.0595 e. The van der Waals surface area contributed by atoms with E-state index in [1.807, 2.05) is 29.5 Å². The van der Waals surface area contributed by atoms with Crippen LogP contribution in [-0.2, 0) is 6.42 Å². The first-order valence-electron chi connectivity index (χ1n) is 5.68. The highest BCUT2D eigenvalue weighted by molar-refractivity contribution is 9.09. The molecule has 3 rings (SSSR count). The molecule has 0 aliphatic carbocycles. The first kappa shape index (κ1) is 13.9. The van der Waals surface area contributed by atoms with E-state index in [-0.39, 0.29) is 0 Å². The van der Waals surface area contributed by atoms with Crippen LogP contribution in [-0.4, -0.2) is 0 Å². The van der Waals surface area contributed by atoms with Crippen molar-refractivity contribution in [3.63, 3.8) is 0 Å². The minimum absolute atomic E-state index is 0.314. The molecule has 1 atom stereocenters. The number of hydrogen-bond donors (Lipinski definition) is 0. The molecule has 0 radical (unpaired) electrons. The van der Waals surface area contributed by atoms with Crippen LogP contribution in [0.25, 0.3) is 9.40 Å². The normalized spacial score (nSPS) is 13.0. The van der Waals surface area contributed by atoms with Crippen molar-refractivity contribution >= 4 is 71.2 Å². The Morgan fingerprint density at radius 3 is 2.63 bits per heavy atom. The summed E-state index contributed by atoms with van der Waals surface area (Å²) in [7, 11) is 0. The van der Waals surface area contributed by atoms with Gasteiger partial charge in [-0.15, -0.1) is 22.7 Å². The second kappa shape index (κ2) is 5.74. The van der Waals surface area contributed by atoms with Crippen LogP contribution in [0.1, 0.15) is 15.3 Å². The second-order valence-corrected chi connectivity index (χ2v) is 8.20. The highest BCUT2D eigenvalue weighted by Gasteiger charge is 2.13. The van der Waals surface area contributed by atoms with Crippen LogP contribution in [0.4, 0.5) is 0 Å². The van der Waals surface area contributed by atoms with Gasteiger partial charge in [0, 0.05) is 14.3 Å². The topological polar surface area (TPSA) is 0 Å². The quantitative estimate of drug-likeness (QED) is 0.423. The van der Waals surface area contributed by atoms with Crippen molar-refractivity contribution < 1.29 is 0 Å². The van der Waals surface area contributed by atoms with E-state index in [1.54, 1.807) is 11.3 Å². The summed E-state index contributed by atoms with van der Waals surface area (Å²) in [4.78, 5) is 1.67. The molecular weight excluding hydrogens is 383 g/mol. The number of rotatable bonds is 3. The van der Waals surface area contributed by atoms with Crippen LogP contribution in [0.3, 0.4) is 0 Å². The summed E-state index contributed by atoms with van der Waals surface area (Å²) in [5, 5.41) is 3.35. The lowest BCUT2D eigenvalue weighted by molar-refractivity contribution is 0.970. The van der Waals surface area contributed by atoms with Gasteiger partial charge in [0.05, 0.1) is 14.9 Å². The summed E-state index contributed by atoms with van der Waals surface area (Å²) in [5.74, 6) is 0. The van der Waals surface area contributed by atoms with Crippen LogP contribution >= 0.6 is 61.8 Å². The van der Waals surface area contributed by atoms with Crippen LogP contribution in [0.2, 0.25) is 10.0 Å². The molecule has 19 heavy (non-hydrogen) atoms. The van der Waals surface area contributed by atoms with Crippen molar-refractivity contribution in [3.05, 3.63) is 56.2 Å². The van der Waals surface area contributed by atoms with Crippen molar-refractivity contribution in [2.45, 2.75) is 11.2 Å². The van der Waals surface area contributed by atoms with E-state index in [0.717, 1.165) is 6.42 Å². The number of fused-ring (bicyclic) bond motifs is 1. The second-order valence-electron chi connectivity index (χ2n) is 4.22. The largest absolute Gasteiger partial charge is 0.143 e. The SMILES string of the molecule is Clc1ccc(CC(Br)c2cc3sccc3s2)cc1Cl. The fourth-order valence-electron chi connectivity index (χ4n) is 1.91. The molecule has 0 saturated carbocycles. The van der Waals surface area contributed by atoms with Crippen molar-refractivity contribution in [2.75, 3.05) is 0 Å². The molecule has 0 aliphatic heterocycles. The molecule has 98 valence electrons. The fraction of sp³-hybridized carbons (Fsp3) is 0.143. The van der Waals surface area contributed by atoms with Crippen molar-refractivity contribution in [3.8, 4) is 0 Å². The Bertz CT molecular complexity index is 689. The lowest BCUT2D eigenvalue weighted by Crippen LogP contribution is -1.92. The van der Waals surface area contributed by atoms with Gasteiger partial charge in [-0.1, -0.05) is 45.2 Å². The van der Waals surface area contributed by atoms with Crippen LogP contribution in [0, 0.1) is 0 Å². The number of halogens is 3. The van der Waals surface area contributed by atoms with Crippen molar-refractivity contribution in [1.82, 2.24) is 0 Å². The van der Waals surface area contributed by atoms with Crippen LogP contribution < -0.4 is 0 Å². The predicted molar refractivity (Wildman–Crippen MR) is 91.5 cm³/mol. The van der Waals surface area contributed by atoms with Crippen molar-refractivity contribution in [2.24, 2.45) is 0 Å². The lowest BCUT2D eigenvalue weighted by atomic mass is 10.1. The maximum Gasteiger partial charge on any atom is 0.0595 e. The molecule has 0 N–H and O–H groups in total. The molecule has 0 nitrogen and oxygen atoms in total. The molecule has 0 amide bonds. The first-order valence-corrected chi connectivity index (χ1v) is 9.05. The highest BCUT2D eigenvalue weighted by Crippen LogP contribution is 2.38. The van der Waals surface area contributed by atoms with Gasteiger partial charge < -0.3 is 0 Å². The zero-order chi connectivity index (χ0) is 13.4. The number of alkyl halides is 1. The van der Waals surface area contributed by atoms with E-state index in [1.165, 1.54) is 19.8 Å². The van der Waals surface area contributed by atoms with Gasteiger partial charge in [0.2, 0.25) is 0 Å². The van der Waals surface area contributed by atoms with Gasteiger partial charge >= 0.3 is 0 Å². The molecule has 5 heteroatoms. The van der Waals surface area contributed by atoms with Gasteiger partial charge in [0.1, 0.15) is 0 Å². The van der Waals surface area contributed by atoms with Gasteiger partial charge in [-0.25, -0.2) is 0 Å². The highest BCUT2D eigenvalue weighted by atomic mass is 79.9. The van der Waals surface area contributed by atoms with Gasteiger partial charge in [0.15, 0.2) is 0 Å². The summed E-state index contributed by atoms with van der Waals surface area (Å²) >= 11 is 19.4. The first-order chi connectivity index (χ1) is 9.13. The average Bonchev–Trinajstić information content (AvgIpc) is 2.94. The number of hydrogen-bond acceptors (Lipinski definition) is 2. The Kier molecular flexibility index (Phi) is 4.20. The molecule has 1 aromatic carbocycles. The standard InChI is InChI=1S/C14H9BrCl2S2/c15-9(5-8-1-2-10(16)11(17)6-8)13-7-14-12(19-13)3-4-18-14/h1-4,6-7,9H,5H2. The van der Waals surface area contributed by atoms with Crippen molar-refractivity contribution in [1.29, 1.82) is 0 Å². The summed E-state index contributed by atoms with van der Waals surface area (Å²) in [5.41, 5.74) is 1.19. The fourth-order valence-corrected chi connectivity index (χ4v) is 5.12. The number of benzene rings is 1. The Hall–Kier alpha value is -0.0600. The molecule has 1 unspecified atom stereocenters. The maximum absolute atomic E-state index is 6.05. The Labute approximate surface area is 138 Å². The van der Waals surface area contributed by atoms with Gasteiger partial charge in [0.25, 0.3) is 0 Å². The molecule has 2 heterocycles. The Balaban J connectivity index is 1.82. The molecule has 0 fully saturated rings. The zero-order valence-corrected chi connectivity index (χ0v) is 14.4. The molecule has 0 bridgehead atoms. The maximum atomic E-state index is 6.05. The van der Waals surface area contributed by atoms with E-state index in [2.05, 4.69) is 33.4 Å². The average molecular weight is 392 g/mol. The van der Waals surface area contributed by atoms with Gasteiger partial charge in [-0.2, -0.15) is 0 Å².